The van der Waals surface area contributed by atoms with Crippen LogP contribution in [0.15, 0.2) is 16.8 Å². The van der Waals surface area contributed by atoms with Crippen LogP contribution in [-0.2, 0) is 4.79 Å². The number of carbonyl (C=O) groups is 1. The quantitative estimate of drug-likeness (QED) is 0.780. The Kier molecular flexibility index (Phi) is 4.55. The molecule has 0 unspecified atom stereocenters. The molecule has 0 aromatic rings. The SMILES string of the molecule is CSC1=NC(C(C)=O)=C[C@H]2CCCCC[C@@]12N1CCCC1. The van der Waals surface area contributed by atoms with Gasteiger partial charge in [-0.1, -0.05) is 19.3 Å². The second-order valence-electron chi connectivity index (χ2n) is 6.55. The Hall–Kier alpha value is -0.610. The summed E-state index contributed by atoms with van der Waals surface area (Å²) in [6, 6.07) is 0. The number of ketones is 1. The third-order valence-corrected chi connectivity index (χ3v) is 6.19. The van der Waals surface area contributed by atoms with Crippen LogP contribution in [0, 0.1) is 5.92 Å². The second kappa shape index (κ2) is 6.25. The van der Waals surface area contributed by atoms with Gasteiger partial charge in [0.1, 0.15) is 5.70 Å². The highest BCUT2D eigenvalue weighted by atomic mass is 32.2. The van der Waals surface area contributed by atoms with Gasteiger partial charge in [-0.05, 0) is 51.1 Å². The van der Waals surface area contributed by atoms with E-state index < -0.39 is 0 Å². The third kappa shape index (κ3) is 2.61. The highest BCUT2D eigenvalue weighted by Gasteiger charge is 2.49. The Bertz CT molecular complexity index is 479. The minimum Gasteiger partial charge on any atom is -0.293 e. The van der Waals surface area contributed by atoms with Crippen LogP contribution >= 0.6 is 11.8 Å². The molecule has 2 heterocycles. The summed E-state index contributed by atoms with van der Waals surface area (Å²) in [7, 11) is 0. The summed E-state index contributed by atoms with van der Waals surface area (Å²) in [6.45, 7) is 4.03. The van der Waals surface area contributed by atoms with Gasteiger partial charge in [-0.2, -0.15) is 0 Å². The lowest BCUT2D eigenvalue weighted by Crippen LogP contribution is -2.58. The lowest BCUT2D eigenvalue weighted by atomic mass is 9.77. The minimum absolute atomic E-state index is 0.0887. The van der Waals surface area contributed by atoms with Gasteiger partial charge in [0.15, 0.2) is 5.78 Å². The Balaban J connectivity index is 2.05. The van der Waals surface area contributed by atoms with E-state index in [1.165, 1.54) is 63.1 Å². The molecule has 2 aliphatic heterocycles. The smallest absolute Gasteiger partial charge is 0.177 e. The number of aliphatic imine (C=N–C) groups is 1. The first-order chi connectivity index (χ1) is 10.2. The standard InChI is InChI=1S/C17H26N2OS/c1-13(20)15-12-14-8-4-3-5-9-17(14,16(18-15)21-2)19-10-6-7-11-19/h12,14H,3-11H2,1-2H3/t14-,17+/m1/s1. The molecule has 0 radical (unpaired) electrons. The van der Waals surface area contributed by atoms with Gasteiger partial charge in [-0.3, -0.25) is 9.69 Å². The predicted octanol–water partition coefficient (Wildman–Crippen LogP) is 3.65. The molecule has 116 valence electrons. The van der Waals surface area contributed by atoms with Crippen molar-refractivity contribution in [1.29, 1.82) is 0 Å². The fourth-order valence-electron chi connectivity index (χ4n) is 4.34. The lowest BCUT2D eigenvalue weighted by Gasteiger charge is -2.48. The lowest BCUT2D eigenvalue weighted by molar-refractivity contribution is -0.113. The topological polar surface area (TPSA) is 32.7 Å². The van der Waals surface area contributed by atoms with E-state index in [2.05, 4.69) is 17.2 Å². The Morgan fingerprint density at radius 3 is 2.71 bits per heavy atom. The highest BCUT2D eigenvalue weighted by Crippen LogP contribution is 2.46. The molecule has 0 spiro atoms. The minimum atomic E-state index is 0.0887. The molecule has 0 aromatic carbocycles. The maximum Gasteiger partial charge on any atom is 0.177 e. The van der Waals surface area contributed by atoms with E-state index in [4.69, 9.17) is 4.99 Å². The maximum atomic E-state index is 11.8. The molecule has 3 rings (SSSR count). The highest BCUT2D eigenvalue weighted by molar-refractivity contribution is 8.13. The Morgan fingerprint density at radius 2 is 2.05 bits per heavy atom. The van der Waals surface area contributed by atoms with Crippen LogP contribution in [0.25, 0.3) is 0 Å². The number of thioether (sulfide) groups is 1. The van der Waals surface area contributed by atoms with E-state index in [0.717, 1.165) is 0 Å². The number of allylic oxidation sites excluding steroid dienone is 1. The number of hydrogen-bond donors (Lipinski definition) is 0. The van der Waals surface area contributed by atoms with Crippen molar-refractivity contribution >= 4 is 22.6 Å². The van der Waals surface area contributed by atoms with Gasteiger partial charge < -0.3 is 0 Å². The largest absolute Gasteiger partial charge is 0.293 e. The van der Waals surface area contributed by atoms with Crippen LogP contribution in [0.3, 0.4) is 0 Å². The second-order valence-corrected chi connectivity index (χ2v) is 7.35. The number of rotatable bonds is 2. The average Bonchev–Trinajstić information content (AvgIpc) is 2.93. The molecule has 21 heavy (non-hydrogen) atoms. The molecule has 4 heteroatoms. The van der Waals surface area contributed by atoms with E-state index in [-0.39, 0.29) is 11.3 Å². The van der Waals surface area contributed by atoms with E-state index >= 15 is 0 Å². The number of Topliss-reactive ketones (excluding diaryl/α,β-unsaturated/α-hetero) is 1. The molecule has 1 saturated heterocycles. The van der Waals surface area contributed by atoms with Crippen LogP contribution < -0.4 is 0 Å². The van der Waals surface area contributed by atoms with Crippen LogP contribution in [0.2, 0.25) is 0 Å². The van der Waals surface area contributed by atoms with Gasteiger partial charge in [0.2, 0.25) is 0 Å². The van der Waals surface area contributed by atoms with Gasteiger partial charge in [0.25, 0.3) is 0 Å². The number of hydrogen-bond acceptors (Lipinski definition) is 4. The first kappa shape index (κ1) is 15.3. The molecule has 3 nitrogen and oxygen atoms in total. The van der Waals surface area contributed by atoms with Crippen molar-refractivity contribution in [2.24, 2.45) is 10.9 Å². The van der Waals surface area contributed by atoms with E-state index in [1.807, 2.05) is 0 Å². The number of fused-ring (bicyclic) bond motifs is 1. The van der Waals surface area contributed by atoms with Crippen molar-refractivity contribution in [2.45, 2.75) is 57.4 Å². The van der Waals surface area contributed by atoms with Crippen molar-refractivity contribution in [3.05, 3.63) is 11.8 Å². The molecule has 0 amide bonds. The fourth-order valence-corrected chi connectivity index (χ4v) is 5.27. The molecular weight excluding hydrogens is 280 g/mol. The average molecular weight is 306 g/mol. The third-order valence-electron chi connectivity index (χ3n) is 5.36. The summed E-state index contributed by atoms with van der Waals surface area (Å²) in [5.41, 5.74) is 0.784. The van der Waals surface area contributed by atoms with Crippen molar-refractivity contribution in [3.63, 3.8) is 0 Å². The summed E-state index contributed by atoms with van der Waals surface area (Å²) in [4.78, 5) is 19.3. The van der Waals surface area contributed by atoms with Crippen LogP contribution in [-0.4, -0.2) is 40.6 Å². The van der Waals surface area contributed by atoms with Crippen molar-refractivity contribution in [1.82, 2.24) is 4.90 Å². The van der Waals surface area contributed by atoms with Gasteiger partial charge >= 0.3 is 0 Å². The number of carbonyl (C=O) groups excluding carboxylic acids is 1. The van der Waals surface area contributed by atoms with Crippen molar-refractivity contribution in [2.75, 3.05) is 19.3 Å². The molecule has 2 atom stereocenters. The van der Waals surface area contributed by atoms with Crippen LogP contribution in [0.1, 0.15) is 51.9 Å². The first-order valence-electron chi connectivity index (χ1n) is 8.29. The van der Waals surface area contributed by atoms with Gasteiger partial charge in [0, 0.05) is 12.8 Å². The molecule has 3 aliphatic rings. The normalized spacial score (nSPS) is 33.9. The van der Waals surface area contributed by atoms with Crippen molar-refractivity contribution < 1.29 is 4.79 Å². The predicted molar refractivity (Wildman–Crippen MR) is 89.8 cm³/mol. The van der Waals surface area contributed by atoms with Crippen LogP contribution in [0.5, 0.6) is 0 Å². The van der Waals surface area contributed by atoms with Gasteiger partial charge in [-0.15, -0.1) is 11.8 Å². The van der Waals surface area contributed by atoms with Crippen LogP contribution in [0.4, 0.5) is 0 Å². The van der Waals surface area contributed by atoms with E-state index in [0.29, 0.717) is 11.6 Å². The first-order valence-corrected chi connectivity index (χ1v) is 9.52. The summed E-state index contributed by atoms with van der Waals surface area (Å²) in [5, 5.41) is 1.20. The Morgan fingerprint density at radius 1 is 1.29 bits per heavy atom. The molecule has 1 saturated carbocycles. The summed E-state index contributed by atoms with van der Waals surface area (Å²) < 4.78 is 0. The Labute approximate surface area is 132 Å². The van der Waals surface area contributed by atoms with Gasteiger partial charge in [-0.25, -0.2) is 4.99 Å². The molecular formula is C17H26N2OS. The van der Waals surface area contributed by atoms with E-state index in [1.54, 1.807) is 18.7 Å². The summed E-state index contributed by atoms with van der Waals surface area (Å²) in [5.74, 6) is 0.581. The van der Waals surface area contributed by atoms with Crippen molar-refractivity contribution in [3.8, 4) is 0 Å². The summed E-state index contributed by atoms with van der Waals surface area (Å²) >= 11 is 1.76. The molecule has 0 aromatic heterocycles. The molecule has 1 aliphatic carbocycles. The zero-order valence-corrected chi connectivity index (χ0v) is 14.0. The zero-order valence-electron chi connectivity index (χ0n) is 13.2. The summed E-state index contributed by atoms with van der Waals surface area (Å²) in [6.07, 6.45) is 13.2. The molecule has 0 N–H and O–H groups in total. The number of likely N-dealkylation sites (tertiary alicyclic amines) is 1. The monoisotopic (exact) mass is 306 g/mol. The molecule has 0 bridgehead atoms. The maximum absolute atomic E-state index is 11.8. The van der Waals surface area contributed by atoms with Gasteiger partial charge in [0.05, 0.1) is 10.6 Å². The molecule has 2 fully saturated rings. The van der Waals surface area contributed by atoms with E-state index in [9.17, 15) is 4.79 Å². The zero-order chi connectivity index (χ0) is 14.9. The fraction of sp³-hybridized carbons (Fsp3) is 0.765. The number of nitrogens with zero attached hydrogens (tertiary/aromatic N) is 2.